The lowest BCUT2D eigenvalue weighted by atomic mass is 10.0. The number of rotatable bonds is 5. The summed E-state index contributed by atoms with van der Waals surface area (Å²) in [7, 11) is -3.71. The fourth-order valence-electron chi connectivity index (χ4n) is 3.85. The van der Waals surface area contributed by atoms with E-state index in [1.54, 1.807) is 6.07 Å². The largest absolute Gasteiger partial charge is 0.324 e. The predicted octanol–water partition coefficient (Wildman–Crippen LogP) is 3.53. The third-order valence-electron chi connectivity index (χ3n) is 5.89. The van der Waals surface area contributed by atoms with E-state index in [-0.39, 0.29) is 16.8 Å². The first-order chi connectivity index (χ1) is 15.6. The van der Waals surface area contributed by atoms with Gasteiger partial charge in [-0.25, -0.2) is 13.4 Å². The Bertz CT molecular complexity index is 1380. The molecule has 2 aromatic carbocycles. The van der Waals surface area contributed by atoms with Gasteiger partial charge in [0, 0.05) is 17.6 Å². The fourth-order valence-corrected chi connectivity index (χ4v) is 5.94. The van der Waals surface area contributed by atoms with Gasteiger partial charge in [-0.15, -0.1) is 0 Å². The first-order valence-corrected chi connectivity index (χ1v) is 12.9. The molecule has 1 aliphatic rings. The summed E-state index contributed by atoms with van der Waals surface area (Å²) in [5.41, 5.74) is 1.54. The van der Waals surface area contributed by atoms with Crippen LogP contribution in [0.1, 0.15) is 25.3 Å². The summed E-state index contributed by atoms with van der Waals surface area (Å²) in [6, 6.07) is 9.90. The number of carbonyl (C=O) groups is 1. The molecule has 1 saturated heterocycles. The van der Waals surface area contributed by atoms with Crippen molar-refractivity contribution >= 4 is 48.5 Å². The number of aromatic nitrogens is 2. The third-order valence-corrected chi connectivity index (χ3v) is 8.44. The van der Waals surface area contributed by atoms with Gasteiger partial charge in [-0.3, -0.25) is 14.2 Å². The minimum absolute atomic E-state index is 0.0641. The predicted molar refractivity (Wildman–Crippen MR) is 131 cm³/mol. The van der Waals surface area contributed by atoms with E-state index >= 15 is 0 Å². The number of aryl methyl sites for hydroxylation is 1. The molecule has 3 aromatic rings. The first-order valence-electron chi connectivity index (χ1n) is 10.7. The van der Waals surface area contributed by atoms with Gasteiger partial charge in [0.25, 0.3) is 5.56 Å². The Kier molecular flexibility index (Phi) is 6.69. The molecule has 0 unspecified atom stereocenters. The highest BCUT2D eigenvalue weighted by Gasteiger charge is 2.28. The molecule has 0 spiro atoms. The van der Waals surface area contributed by atoms with Crippen LogP contribution in [0.25, 0.3) is 10.9 Å². The van der Waals surface area contributed by atoms with Crippen LogP contribution in [0.3, 0.4) is 0 Å². The van der Waals surface area contributed by atoms with Crippen molar-refractivity contribution in [2.45, 2.75) is 38.1 Å². The van der Waals surface area contributed by atoms with Crippen molar-refractivity contribution in [1.29, 1.82) is 0 Å². The molecule has 1 N–H and O–H groups in total. The molecule has 0 atom stereocenters. The van der Waals surface area contributed by atoms with Crippen molar-refractivity contribution in [3.8, 4) is 0 Å². The lowest BCUT2D eigenvalue weighted by molar-refractivity contribution is -0.116. The minimum Gasteiger partial charge on any atom is -0.324 e. The van der Waals surface area contributed by atoms with Crippen LogP contribution in [0.2, 0.25) is 0 Å². The van der Waals surface area contributed by atoms with E-state index < -0.39 is 21.5 Å². The van der Waals surface area contributed by atoms with E-state index in [0.717, 1.165) is 22.9 Å². The number of benzene rings is 2. The van der Waals surface area contributed by atoms with Crippen molar-refractivity contribution in [2.75, 3.05) is 18.4 Å². The molecule has 1 aromatic heterocycles. The van der Waals surface area contributed by atoms with Crippen molar-refractivity contribution in [2.24, 2.45) is 5.92 Å². The lowest BCUT2D eigenvalue weighted by Crippen LogP contribution is -2.38. The average molecular weight is 533 g/mol. The number of nitrogens with zero attached hydrogens (tertiary/aromatic N) is 3. The maximum atomic E-state index is 13.1. The lowest BCUT2D eigenvalue weighted by Gasteiger charge is -2.29. The Hall–Kier alpha value is -2.56. The number of sulfonamides is 1. The van der Waals surface area contributed by atoms with E-state index in [1.165, 1.54) is 33.4 Å². The van der Waals surface area contributed by atoms with Gasteiger partial charge in [0.1, 0.15) is 6.54 Å². The molecule has 0 saturated carbocycles. The standard InChI is InChI=1S/C23H25BrN4O4S/c1-15-7-9-28(10-8-15)33(31,32)17-4-6-20-18(12-17)23(30)27(14-25-20)13-22(29)26-21-5-3-16(2)11-19(21)24/h3-6,11-12,14-15H,7-10,13H2,1-2H3,(H,26,29). The van der Waals surface area contributed by atoms with E-state index in [0.29, 0.717) is 30.2 Å². The number of anilines is 1. The van der Waals surface area contributed by atoms with E-state index in [4.69, 9.17) is 0 Å². The van der Waals surface area contributed by atoms with Gasteiger partial charge >= 0.3 is 0 Å². The Morgan fingerprint density at radius 2 is 1.91 bits per heavy atom. The average Bonchev–Trinajstić information content (AvgIpc) is 2.78. The summed E-state index contributed by atoms with van der Waals surface area (Å²) < 4.78 is 29.6. The Morgan fingerprint density at radius 1 is 1.18 bits per heavy atom. The van der Waals surface area contributed by atoms with Crippen LogP contribution in [0.15, 0.2) is 56.9 Å². The first kappa shape index (κ1) is 23.6. The quantitative estimate of drug-likeness (QED) is 0.541. The second kappa shape index (κ2) is 9.36. The molecule has 2 heterocycles. The molecule has 1 fully saturated rings. The number of nitrogens with one attached hydrogen (secondary N) is 1. The molecule has 8 nitrogen and oxygen atoms in total. The van der Waals surface area contributed by atoms with E-state index in [2.05, 4.69) is 33.2 Å². The van der Waals surface area contributed by atoms with Gasteiger partial charge in [-0.05, 0) is 77.5 Å². The fraction of sp³-hybridized carbons (Fsp3) is 0.348. The highest BCUT2D eigenvalue weighted by Crippen LogP contribution is 2.25. The summed E-state index contributed by atoms with van der Waals surface area (Å²) in [6.07, 6.45) is 2.93. The van der Waals surface area contributed by atoms with Gasteiger partial charge in [0.15, 0.2) is 0 Å². The zero-order chi connectivity index (χ0) is 23.8. The smallest absolute Gasteiger partial charge is 0.261 e. The number of fused-ring (bicyclic) bond motifs is 1. The summed E-state index contributed by atoms with van der Waals surface area (Å²) in [5, 5.41) is 2.93. The number of amides is 1. The van der Waals surface area contributed by atoms with Crippen LogP contribution in [-0.2, 0) is 21.4 Å². The number of piperidine rings is 1. The molecule has 0 aliphatic carbocycles. The van der Waals surface area contributed by atoms with E-state index in [1.807, 2.05) is 19.1 Å². The highest BCUT2D eigenvalue weighted by molar-refractivity contribution is 9.10. The van der Waals surface area contributed by atoms with Crippen LogP contribution in [0, 0.1) is 12.8 Å². The summed E-state index contributed by atoms with van der Waals surface area (Å²) in [6.45, 7) is 4.74. The van der Waals surface area contributed by atoms with Crippen molar-refractivity contribution < 1.29 is 13.2 Å². The Labute approximate surface area is 200 Å². The van der Waals surface area contributed by atoms with Gasteiger partial charge in [-0.1, -0.05) is 13.0 Å². The van der Waals surface area contributed by atoms with Gasteiger partial charge < -0.3 is 5.32 Å². The molecule has 1 amide bonds. The molecule has 1 aliphatic heterocycles. The molecule has 174 valence electrons. The van der Waals surface area contributed by atoms with Crippen LogP contribution >= 0.6 is 15.9 Å². The van der Waals surface area contributed by atoms with Crippen molar-refractivity contribution in [3.63, 3.8) is 0 Å². The molecular weight excluding hydrogens is 508 g/mol. The number of carbonyl (C=O) groups excluding carboxylic acids is 1. The van der Waals surface area contributed by atoms with Crippen LogP contribution < -0.4 is 10.9 Å². The number of halogens is 1. The summed E-state index contributed by atoms with van der Waals surface area (Å²) in [4.78, 5) is 29.9. The van der Waals surface area contributed by atoms with Crippen LogP contribution in [0.4, 0.5) is 5.69 Å². The number of hydrogen-bond acceptors (Lipinski definition) is 5. The molecule has 33 heavy (non-hydrogen) atoms. The van der Waals surface area contributed by atoms with Gasteiger partial charge in [0.05, 0.1) is 27.8 Å². The molecule has 4 rings (SSSR count). The zero-order valence-electron chi connectivity index (χ0n) is 18.4. The van der Waals surface area contributed by atoms with Gasteiger partial charge in [0.2, 0.25) is 15.9 Å². The maximum absolute atomic E-state index is 13.1. The molecule has 10 heteroatoms. The zero-order valence-corrected chi connectivity index (χ0v) is 20.8. The van der Waals surface area contributed by atoms with Crippen LogP contribution in [0.5, 0.6) is 0 Å². The van der Waals surface area contributed by atoms with Crippen molar-refractivity contribution in [1.82, 2.24) is 13.9 Å². The van der Waals surface area contributed by atoms with Crippen molar-refractivity contribution in [3.05, 3.63) is 63.1 Å². The molecular formula is C23H25BrN4O4S. The topological polar surface area (TPSA) is 101 Å². The maximum Gasteiger partial charge on any atom is 0.261 e. The normalized spacial score (nSPS) is 15.6. The molecule has 0 radical (unpaired) electrons. The van der Waals surface area contributed by atoms with E-state index in [9.17, 15) is 18.0 Å². The Balaban J connectivity index is 1.60. The molecule has 0 bridgehead atoms. The Morgan fingerprint density at radius 3 is 2.61 bits per heavy atom. The second-order valence-corrected chi connectivity index (χ2v) is 11.3. The second-order valence-electron chi connectivity index (χ2n) is 8.47. The SMILES string of the molecule is Cc1ccc(NC(=O)Cn2cnc3ccc(S(=O)(=O)N4CCC(C)CC4)cc3c2=O)c(Br)c1. The number of hydrogen-bond donors (Lipinski definition) is 1. The third kappa shape index (κ3) is 5.02. The minimum atomic E-state index is -3.71. The summed E-state index contributed by atoms with van der Waals surface area (Å²) >= 11 is 3.41. The van der Waals surface area contributed by atoms with Gasteiger partial charge in [-0.2, -0.15) is 4.31 Å². The summed E-state index contributed by atoms with van der Waals surface area (Å²) in [5.74, 6) is 0.102. The van der Waals surface area contributed by atoms with Crippen LogP contribution in [-0.4, -0.2) is 41.3 Å². The monoisotopic (exact) mass is 532 g/mol. The highest BCUT2D eigenvalue weighted by atomic mass is 79.9.